The minimum Gasteiger partial charge on any atom is -0.497 e. The molecule has 0 spiro atoms. The number of nitrogens with one attached hydrogen (secondary N) is 2. The molecular formula is C20H28IN3O3. The zero-order valence-electron chi connectivity index (χ0n) is 15.9. The minimum absolute atomic E-state index is 0. The summed E-state index contributed by atoms with van der Waals surface area (Å²) in [4.78, 5) is 4.26. The molecule has 1 fully saturated rings. The van der Waals surface area contributed by atoms with Crippen LogP contribution in [-0.2, 0) is 13.1 Å². The van der Waals surface area contributed by atoms with Crippen molar-refractivity contribution in [2.24, 2.45) is 4.99 Å². The van der Waals surface area contributed by atoms with Gasteiger partial charge >= 0.3 is 0 Å². The van der Waals surface area contributed by atoms with Crippen LogP contribution in [0.1, 0.15) is 37.0 Å². The van der Waals surface area contributed by atoms with Crippen molar-refractivity contribution in [3.05, 3.63) is 47.9 Å². The molecule has 1 heterocycles. The molecule has 1 aliphatic rings. The van der Waals surface area contributed by atoms with Crippen LogP contribution in [0.2, 0.25) is 0 Å². The molecule has 0 unspecified atom stereocenters. The van der Waals surface area contributed by atoms with Gasteiger partial charge < -0.3 is 24.5 Å². The molecule has 0 radical (unpaired) electrons. The molecule has 6 nitrogen and oxygen atoms in total. The average molecular weight is 485 g/mol. The smallest absolute Gasteiger partial charge is 0.191 e. The van der Waals surface area contributed by atoms with E-state index in [9.17, 15) is 0 Å². The maximum absolute atomic E-state index is 6.24. The molecule has 27 heavy (non-hydrogen) atoms. The van der Waals surface area contributed by atoms with Crippen LogP contribution in [0, 0.1) is 0 Å². The summed E-state index contributed by atoms with van der Waals surface area (Å²) in [5, 5.41) is 6.56. The molecule has 0 amide bonds. The fraction of sp³-hybridized carbons (Fsp3) is 0.450. The lowest BCUT2D eigenvalue weighted by atomic mass is 10.2. The lowest BCUT2D eigenvalue weighted by molar-refractivity contribution is 0.207. The van der Waals surface area contributed by atoms with Gasteiger partial charge in [-0.2, -0.15) is 0 Å². The second-order valence-corrected chi connectivity index (χ2v) is 6.36. The largest absolute Gasteiger partial charge is 0.497 e. The van der Waals surface area contributed by atoms with E-state index >= 15 is 0 Å². The van der Waals surface area contributed by atoms with E-state index < -0.39 is 0 Å². The monoisotopic (exact) mass is 485 g/mol. The molecule has 1 saturated carbocycles. The van der Waals surface area contributed by atoms with Crippen molar-refractivity contribution in [1.29, 1.82) is 0 Å². The van der Waals surface area contributed by atoms with Crippen LogP contribution in [0.4, 0.5) is 0 Å². The summed E-state index contributed by atoms with van der Waals surface area (Å²) in [5.74, 6) is 3.26. The second-order valence-electron chi connectivity index (χ2n) is 6.36. The fourth-order valence-corrected chi connectivity index (χ4v) is 3.09. The molecule has 0 aliphatic heterocycles. The van der Waals surface area contributed by atoms with Gasteiger partial charge in [-0.05, 0) is 49.9 Å². The Bertz CT molecular complexity index is 713. The number of nitrogens with zero attached hydrogens (tertiary/aromatic N) is 1. The van der Waals surface area contributed by atoms with E-state index in [1.54, 1.807) is 20.4 Å². The highest BCUT2D eigenvalue weighted by atomic mass is 127. The number of methoxy groups -OCH3 is 1. The third-order valence-corrected chi connectivity index (χ3v) is 4.55. The lowest BCUT2D eigenvalue weighted by Gasteiger charge is -2.18. The third-order valence-electron chi connectivity index (χ3n) is 4.55. The Morgan fingerprint density at radius 2 is 1.96 bits per heavy atom. The summed E-state index contributed by atoms with van der Waals surface area (Å²) in [6.45, 7) is 1.20. The Balaban J connectivity index is 0.00000261. The predicted octanol–water partition coefficient (Wildman–Crippen LogP) is 4.09. The molecule has 2 aromatic rings. The highest BCUT2D eigenvalue weighted by Gasteiger charge is 2.18. The van der Waals surface area contributed by atoms with Gasteiger partial charge in [0.25, 0.3) is 0 Å². The molecule has 1 aromatic carbocycles. The first-order valence-corrected chi connectivity index (χ1v) is 9.09. The first-order valence-electron chi connectivity index (χ1n) is 9.09. The minimum atomic E-state index is 0. The van der Waals surface area contributed by atoms with Crippen molar-refractivity contribution in [3.63, 3.8) is 0 Å². The van der Waals surface area contributed by atoms with Gasteiger partial charge in [-0.3, -0.25) is 4.99 Å². The van der Waals surface area contributed by atoms with Crippen LogP contribution in [0.3, 0.4) is 0 Å². The Morgan fingerprint density at radius 3 is 2.63 bits per heavy atom. The van der Waals surface area contributed by atoms with E-state index in [1.165, 1.54) is 12.8 Å². The van der Waals surface area contributed by atoms with E-state index in [1.807, 2.05) is 30.3 Å². The van der Waals surface area contributed by atoms with Gasteiger partial charge in [0, 0.05) is 25.2 Å². The number of rotatable bonds is 7. The number of ether oxygens (including phenoxy) is 2. The van der Waals surface area contributed by atoms with E-state index in [0.29, 0.717) is 25.2 Å². The molecule has 0 atom stereocenters. The number of aliphatic imine (C=N–C) groups is 1. The SMILES string of the molecule is CN=C(NCc1ccco1)NCc1ccc(OC)cc1OC1CCCC1.I. The van der Waals surface area contributed by atoms with Gasteiger partial charge in [0.15, 0.2) is 5.96 Å². The van der Waals surface area contributed by atoms with Crippen LogP contribution in [-0.4, -0.2) is 26.2 Å². The van der Waals surface area contributed by atoms with Crippen molar-refractivity contribution in [2.45, 2.75) is 44.9 Å². The quantitative estimate of drug-likeness (QED) is 0.351. The van der Waals surface area contributed by atoms with Crippen LogP contribution in [0.15, 0.2) is 46.0 Å². The van der Waals surface area contributed by atoms with Crippen LogP contribution >= 0.6 is 24.0 Å². The average Bonchev–Trinajstić information content (AvgIpc) is 3.36. The molecule has 0 saturated heterocycles. The van der Waals surface area contributed by atoms with Crippen molar-refractivity contribution in [3.8, 4) is 11.5 Å². The molecule has 0 bridgehead atoms. The normalized spacial score (nSPS) is 14.5. The predicted molar refractivity (Wildman–Crippen MR) is 117 cm³/mol. The number of furan rings is 1. The number of benzene rings is 1. The Kier molecular flexibility index (Phi) is 8.77. The first-order chi connectivity index (χ1) is 12.8. The van der Waals surface area contributed by atoms with Crippen molar-refractivity contribution >= 4 is 29.9 Å². The summed E-state index contributed by atoms with van der Waals surface area (Å²) >= 11 is 0. The van der Waals surface area contributed by atoms with Crippen molar-refractivity contribution in [2.75, 3.05) is 14.2 Å². The number of hydrogen-bond acceptors (Lipinski definition) is 4. The van der Waals surface area contributed by atoms with Gasteiger partial charge in [0.1, 0.15) is 17.3 Å². The van der Waals surface area contributed by atoms with Gasteiger partial charge in [-0.1, -0.05) is 0 Å². The van der Waals surface area contributed by atoms with Gasteiger partial charge in [-0.25, -0.2) is 0 Å². The van der Waals surface area contributed by atoms with Crippen molar-refractivity contribution < 1.29 is 13.9 Å². The van der Waals surface area contributed by atoms with Gasteiger partial charge in [0.2, 0.25) is 0 Å². The van der Waals surface area contributed by atoms with Gasteiger partial charge in [0.05, 0.1) is 26.0 Å². The second kappa shape index (κ2) is 11.1. The van der Waals surface area contributed by atoms with E-state index in [4.69, 9.17) is 13.9 Å². The number of halogens is 1. The molecule has 2 N–H and O–H groups in total. The highest BCUT2D eigenvalue weighted by Crippen LogP contribution is 2.29. The topological polar surface area (TPSA) is 68.0 Å². The maximum Gasteiger partial charge on any atom is 0.191 e. The van der Waals surface area contributed by atoms with E-state index in [0.717, 1.165) is 35.7 Å². The summed E-state index contributed by atoms with van der Waals surface area (Å²) in [6, 6.07) is 9.76. The third kappa shape index (κ3) is 6.34. The Labute approximate surface area is 177 Å². The zero-order chi connectivity index (χ0) is 18.2. The lowest BCUT2D eigenvalue weighted by Crippen LogP contribution is -2.36. The molecule has 3 rings (SSSR count). The highest BCUT2D eigenvalue weighted by molar-refractivity contribution is 14.0. The van der Waals surface area contributed by atoms with Crippen LogP contribution < -0.4 is 20.1 Å². The summed E-state index contributed by atoms with van der Waals surface area (Å²) in [5.41, 5.74) is 1.08. The standard InChI is InChI=1S/C20H27N3O3.HI/c1-21-20(23-14-18-8-5-11-25-18)22-13-15-9-10-17(24-2)12-19(15)26-16-6-3-4-7-16;/h5,8-12,16H,3-4,6-7,13-14H2,1-2H3,(H2,21,22,23);1H. The molecule has 1 aliphatic carbocycles. The van der Waals surface area contributed by atoms with E-state index in [2.05, 4.69) is 15.6 Å². The molecular weight excluding hydrogens is 457 g/mol. The molecule has 148 valence electrons. The molecule has 7 heteroatoms. The summed E-state index contributed by atoms with van der Waals surface area (Å²) in [7, 11) is 3.43. The zero-order valence-corrected chi connectivity index (χ0v) is 18.2. The summed E-state index contributed by atoms with van der Waals surface area (Å²) in [6.07, 6.45) is 6.69. The van der Waals surface area contributed by atoms with Crippen molar-refractivity contribution in [1.82, 2.24) is 10.6 Å². The van der Waals surface area contributed by atoms with Crippen LogP contribution in [0.25, 0.3) is 0 Å². The Morgan fingerprint density at radius 1 is 1.19 bits per heavy atom. The van der Waals surface area contributed by atoms with Gasteiger partial charge in [-0.15, -0.1) is 24.0 Å². The maximum atomic E-state index is 6.24. The first kappa shape index (κ1) is 21.4. The fourth-order valence-electron chi connectivity index (χ4n) is 3.09. The van der Waals surface area contributed by atoms with E-state index in [-0.39, 0.29) is 24.0 Å². The summed E-state index contributed by atoms with van der Waals surface area (Å²) < 4.78 is 16.9. The van der Waals surface area contributed by atoms with Crippen LogP contribution in [0.5, 0.6) is 11.5 Å². The molecule has 1 aromatic heterocycles. The number of guanidine groups is 1. The Hall–Kier alpha value is -1.90. The number of hydrogen-bond donors (Lipinski definition) is 2.